The van der Waals surface area contributed by atoms with Gasteiger partial charge in [-0.25, -0.2) is 0 Å². The van der Waals surface area contributed by atoms with Crippen LogP contribution in [0.2, 0.25) is 0 Å². The van der Waals surface area contributed by atoms with Crippen LogP contribution in [0.25, 0.3) is 0 Å². The van der Waals surface area contributed by atoms with Crippen molar-refractivity contribution in [3.8, 4) is 5.75 Å². The second-order valence-electron chi connectivity index (χ2n) is 7.61. The third-order valence-electron chi connectivity index (χ3n) is 5.48. The van der Waals surface area contributed by atoms with Gasteiger partial charge in [0.05, 0.1) is 7.11 Å². The first-order chi connectivity index (χ1) is 13.6. The Hall–Kier alpha value is -2.82. The lowest BCUT2D eigenvalue weighted by Crippen LogP contribution is -2.36. The van der Waals surface area contributed by atoms with Crippen LogP contribution in [0.1, 0.15) is 36.8 Å². The first-order valence-corrected chi connectivity index (χ1v) is 10.0. The minimum atomic E-state index is -0.0216. The van der Waals surface area contributed by atoms with Crippen LogP contribution >= 0.6 is 0 Å². The number of fused-ring (bicyclic) bond motifs is 1. The molecule has 0 atom stereocenters. The zero-order valence-corrected chi connectivity index (χ0v) is 16.2. The number of benzene rings is 2. The van der Waals surface area contributed by atoms with Gasteiger partial charge in [0.25, 0.3) is 0 Å². The average molecular weight is 378 g/mol. The second kappa shape index (κ2) is 8.05. The highest BCUT2D eigenvalue weighted by atomic mass is 16.5. The van der Waals surface area contributed by atoms with Crippen molar-refractivity contribution in [2.45, 2.75) is 38.5 Å². The molecule has 146 valence electrons. The van der Waals surface area contributed by atoms with E-state index in [1.165, 1.54) is 5.56 Å². The van der Waals surface area contributed by atoms with E-state index in [2.05, 4.69) is 5.32 Å². The van der Waals surface area contributed by atoms with Crippen molar-refractivity contribution in [1.29, 1.82) is 0 Å². The third-order valence-corrected chi connectivity index (χ3v) is 5.48. The van der Waals surface area contributed by atoms with Gasteiger partial charge in [0.2, 0.25) is 11.8 Å². The average Bonchev–Trinajstić information content (AvgIpc) is 3.57. The van der Waals surface area contributed by atoms with Crippen molar-refractivity contribution in [2.75, 3.05) is 23.9 Å². The fraction of sp³-hybridized carbons (Fsp3) is 0.391. The molecule has 2 amide bonds. The van der Waals surface area contributed by atoms with Gasteiger partial charge in [-0.05, 0) is 67.5 Å². The van der Waals surface area contributed by atoms with Crippen molar-refractivity contribution in [3.63, 3.8) is 0 Å². The molecule has 28 heavy (non-hydrogen) atoms. The Kier molecular flexibility index (Phi) is 5.33. The van der Waals surface area contributed by atoms with Crippen molar-refractivity contribution in [2.24, 2.45) is 5.92 Å². The molecule has 2 aromatic carbocycles. The van der Waals surface area contributed by atoms with Gasteiger partial charge in [0.1, 0.15) is 5.75 Å². The number of rotatable bonds is 6. The predicted octanol–water partition coefficient (Wildman–Crippen LogP) is 3.96. The van der Waals surface area contributed by atoms with Crippen LogP contribution in [0.3, 0.4) is 0 Å². The maximum atomic E-state index is 12.6. The number of ether oxygens (including phenoxy) is 1. The minimum Gasteiger partial charge on any atom is -0.497 e. The fourth-order valence-corrected chi connectivity index (χ4v) is 3.71. The molecule has 2 aromatic rings. The minimum absolute atomic E-state index is 0.0216. The molecule has 0 unspecified atom stereocenters. The SMILES string of the molecule is COc1ccc(CCC(=O)Nc2ccc3c(c2)N(C(=O)C2CC2)CCC3)cc1. The number of carbonyl (C=O) groups is 2. The highest BCUT2D eigenvalue weighted by Gasteiger charge is 2.35. The third kappa shape index (κ3) is 4.19. The van der Waals surface area contributed by atoms with E-state index in [0.29, 0.717) is 12.8 Å². The topological polar surface area (TPSA) is 58.6 Å². The smallest absolute Gasteiger partial charge is 0.230 e. The van der Waals surface area contributed by atoms with Gasteiger partial charge in [0.15, 0.2) is 0 Å². The van der Waals surface area contributed by atoms with Crippen molar-refractivity contribution >= 4 is 23.2 Å². The number of methoxy groups -OCH3 is 1. The number of carbonyl (C=O) groups excluding carboxylic acids is 2. The number of hydrogen-bond donors (Lipinski definition) is 1. The highest BCUT2D eigenvalue weighted by molar-refractivity contribution is 5.99. The quantitative estimate of drug-likeness (QED) is 0.828. The molecule has 1 N–H and O–H groups in total. The summed E-state index contributed by atoms with van der Waals surface area (Å²) in [7, 11) is 1.64. The molecule has 0 bridgehead atoms. The predicted molar refractivity (Wildman–Crippen MR) is 110 cm³/mol. The lowest BCUT2D eigenvalue weighted by Gasteiger charge is -2.30. The van der Waals surface area contributed by atoms with Crippen LogP contribution in [-0.2, 0) is 22.4 Å². The van der Waals surface area contributed by atoms with E-state index in [4.69, 9.17) is 4.74 Å². The molecule has 2 aliphatic rings. The van der Waals surface area contributed by atoms with Crippen LogP contribution < -0.4 is 15.0 Å². The zero-order valence-electron chi connectivity index (χ0n) is 16.2. The van der Waals surface area contributed by atoms with Gasteiger partial charge in [-0.1, -0.05) is 18.2 Å². The van der Waals surface area contributed by atoms with Crippen LogP contribution in [0.15, 0.2) is 42.5 Å². The van der Waals surface area contributed by atoms with E-state index in [9.17, 15) is 9.59 Å². The van der Waals surface area contributed by atoms with E-state index >= 15 is 0 Å². The molecule has 4 rings (SSSR count). The van der Waals surface area contributed by atoms with Crippen molar-refractivity contribution in [3.05, 3.63) is 53.6 Å². The van der Waals surface area contributed by atoms with Gasteiger partial charge >= 0.3 is 0 Å². The Labute approximate surface area is 165 Å². The molecule has 1 saturated carbocycles. The summed E-state index contributed by atoms with van der Waals surface area (Å²) in [4.78, 5) is 26.9. The zero-order chi connectivity index (χ0) is 19.5. The van der Waals surface area contributed by atoms with E-state index in [1.54, 1.807) is 7.11 Å². The summed E-state index contributed by atoms with van der Waals surface area (Å²) in [6.07, 6.45) is 5.08. The second-order valence-corrected chi connectivity index (χ2v) is 7.61. The Balaban J connectivity index is 1.39. The molecule has 0 aromatic heterocycles. The molecule has 1 aliphatic heterocycles. The Morgan fingerprint density at radius 3 is 2.64 bits per heavy atom. The van der Waals surface area contributed by atoms with Crippen LogP contribution in [-0.4, -0.2) is 25.5 Å². The number of anilines is 2. The van der Waals surface area contributed by atoms with E-state index in [0.717, 1.165) is 54.9 Å². The first-order valence-electron chi connectivity index (χ1n) is 10.0. The summed E-state index contributed by atoms with van der Waals surface area (Å²) in [5.41, 5.74) is 4.02. The monoisotopic (exact) mass is 378 g/mol. The lowest BCUT2D eigenvalue weighted by molar-refractivity contribution is -0.120. The summed E-state index contributed by atoms with van der Waals surface area (Å²) in [6, 6.07) is 13.7. The highest BCUT2D eigenvalue weighted by Crippen LogP contribution is 2.36. The summed E-state index contributed by atoms with van der Waals surface area (Å²) < 4.78 is 5.16. The van der Waals surface area contributed by atoms with Gasteiger partial charge in [-0.15, -0.1) is 0 Å². The van der Waals surface area contributed by atoms with Crippen LogP contribution in [0.5, 0.6) is 5.75 Å². The standard InChI is InChI=1S/C23H26N2O3/c1-28-20-11-4-16(5-12-20)6-13-22(26)24-19-10-9-17-3-2-14-25(21(17)15-19)23(27)18-7-8-18/h4-5,9-12,15,18H,2-3,6-8,13-14H2,1H3,(H,24,26). The summed E-state index contributed by atoms with van der Waals surface area (Å²) >= 11 is 0. The summed E-state index contributed by atoms with van der Waals surface area (Å²) in [6.45, 7) is 0.775. The maximum Gasteiger partial charge on any atom is 0.230 e. The molecule has 5 nitrogen and oxygen atoms in total. The molecule has 5 heteroatoms. The molecule has 0 spiro atoms. The van der Waals surface area contributed by atoms with E-state index in [-0.39, 0.29) is 17.7 Å². The Morgan fingerprint density at radius 1 is 1.14 bits per heavy atom. The number of nitrogens with zero attached hydrogens (tertiary/aromatic N) is 1. The lowest BCUT2D eigenvalue weighted by atomic mass is 10.0. The van der Waals surface area contributed by atoms with E-state index < -0.39 is 0 Å². The van der Waals surface area contributed by atoms with Crippen molar-refractivity contribution < 1.29 is 14.3 Å². The van der Waals surface area contributed by atoms with E-state index in [1.807, 2.05) is 47.4 Å². The van der Waals surface area contributed by atoms with Crippen LogP contribution in [0.4, 0.5) is 11.4 Å². The molecule has 1 fully saturated rings. The number of nitrogens with one attached hydrogen (secondary N) is 1. The molecule has 1 heterocycles. The molecule has 0 saturated heterocycles. The number of hydrogen-bond acceptors (Lipinski definition) is 3. The molecule has 1 aliphatic carbocycles. The fourth-order valence-electron chi connectivity index (χ4n) is 3.71. The van der Waals surface area contributed by atoms with Gasteiger partial charge in [0, 0.05) is 30.3 Å². The Bertz CT molecular complexity index is 872. The number of aryl methyl sites for hydroxylation is 2. The maximum absolute atomic E-state index is 12.6. The number of amides is 2. The molecular weight excluding hydrogens is 352 g/mol. The molecule has 0 radical (unpaired) electrons. The Morgan fingerprint density at radius 2 is 1.93 bits per heavy atom. The van der Waals surface area contributed by atoms with Gasteiger partial charge in [-0.2, -0.15) is 0 Å². The summed E-state index contributed by atoms with van der Waals surface area (Å²) in [5.74, 6) is 1.23. The molecular formula is C23H26N2O3. The van der Waals surface area contributed by atoms with Gasteiger partial charge in [-0.3, -0.25) is 9.59 Å². The van der Waals surface area contributed by atoms with Crippen molar-refractivity contribution in [1.82, 2.24) is 0 Å². The van der Waals surface area contributed by atoms with Crippen LogP contribution in [0, 0.1) is 5.92 Å². The van der Waals surface area contributed by atoms with Gasteiger partial charge < -0.3 is 15.0 Å². The summed E-state index contributed by atoms with van der Waals surface area (Å²) in [5, 5.41) is 2.99. The largest absolute Gasteiger partial charge is 0.497 e. The first kappa shape index (κ1) is 18.5. The normalized spacial score (nSPS) is 15.7.